The molecule has 0 aliphatic carbocycles. The lowest BCUT2D eigenvalue weighted by Gasteiger charge is -2.13. The Morgan fingerprint density at radius 1 is 0.163 bits per heavy atom. The Labute approximate surface area is 596 Å². The summed E-state index contributed by atoms with van der Waals surface area (Å²) in [5, 5.41) is 13.2. The molecule has 0 aliphatic rings. The summed E-state index contributed by atoms with van der Waals surface area (Å²) in [6.45, 7) is 0. The van der Waals surface area contributed by atoms with E-state index in [1.54, 1.807) is 0 Å². The molecule has 0 radical (unpaired) electrons. The number of aromatic nitrogens is 10. The molecule has 0 spiro atoms. The minimum Gasteiger partial charge on any atom is -0.256 e. The SMILES string of the molecule is c1ccc2ncc(-c3ccc4ccc(-c5ccc6nc(-c7ccc(-c8cc9cccnc9c9ncccc89)cc7)ccc6c5)cc4n3)cc2c1.c1ccc2ncc(-c3ccc4ccc(-c5ccc6nc(-c7ccc(-c8ccc9ccc%10cccnc%10c9n8)c8ccccc78)ccc6c5)cc4n3)cc2c1. The molecule has 0 saturated heterocycles. The molecular weight excluding hydrogens is 1270 g/mol. The third kappa shape index (κ3) is 10.9. The first-order valence-corrected chi connectivity index (χ1v) is 34.7. The maximum Gasteiger partial charge on any atom is 0.0972 e. The van der Waals surface area contributed by atoms with Gasteiger partial charge in [0.1, 0.15) is 0 Å². The van der Waals surface area contributed by atoms with Gasteiger partial charge in [-0.25, -0.2) is 24.9 Å². The van der Waals surface area contributed by atoms with Crippen LogP contribution in [-0.4, -0.2) is 49.8 Å². The molecule has 0 N–H and O–H groups in total. The summed E-state index contributed by atoms with van der Waals surface area (Å²) >= 11 is 0. The number of pyridine rings is 10. The largest absolute Gasteiger partial charge is 0.256 e. The van der Waals surface area contributed by atoms with Gasteiger partial charge in [-0.05, 0) is 159 Å². The van der Waals surface area contributed by atoms with Crippen molar-refractivity contribution in [3.63, 3.8) is 0 Å². The molecule has 21 rings (SSSR count). The highest BCUT2D eigenvalue weighted by Crippen LogP contribution is 2.40. The molecule has 0 unspecified atom stereocenters. The van der Waals surface area contributed by atoms with Gasteiger partial charge < -0.3 is 0 Å². The van der Waals surface area contributed by atoms with Crippen LogP contribution in [-0.2, 0) is 0 Å². The molecule has 10 heteroatoms. The van der Waals surface area contributed by atoms with Gasteiger partial charge in [-0.1, -0.05) is 194 Å². The van der Waals surface area contributed by atoms with E-state index in [0.717, 1.165) is 209 Å². The summed E-state index contributed by atoms with van der Waals surface area (Å²) in [4.78, 5) is 48.7. The molecule has 21 aromatic rings. The predicted molar refractivity (Wildman–Crippen MR) is 427 cm³/mol. The van der Waals surface area contributed by atoms with E-state index in [9.17, 15) is 0 Å². The molecule has 10 heterocycles. The summed E-state index contributed by atoms with van der Waals surface area (Å²) in [6, 6.07) is 108. The van der Waals surface area contributed by atoms with Gasteiger partial charge in [-0.2, -0.15) is 0 Å². The molecular formula is C94H56N10. The van der Waals surface area contributed by atoms with E-state index >= 15 is 0 Å². The quantitative estimate of drug-likeness (QED) is 0.136. The summed E-state index contributed by atoms with van der Waals surface area (Å²) in [7, 11) is 0. The molecule has 0 bridgehead atoms. The molecule has 0 amide bonds. The zero-order valence-corrected chi connectivity index (χ0v) is 55.8. The van der Waals surface area contributed by atoms with Crippen molar-refractivity contribution >= 4 is 120 Å². The minimum atomic E-state index is 0.910. The van der Waals surface area contributed by atoms with Crippen molar-refractivity contribution < 1.29 is 0 Å². The Morgan fingerprint density at radius 3 is 1.14 bits per heavy atom. The predicted octanol–water partition coefficient (Wildman–Crippen LogP) is 23.3. The van der Waals surface area contributed by atoms with Crippen LogP contribution >= 0.6 is 0 Å². The van der Waals surface area contributed by atoms with E-state index in [4.69, 9.17) is 24.9 Å². The molecule has 0 aliphatic heterocycles. The fourth-order valence-electron chi connectivity index (χ4n) is 14.7. The van der Waals surface area contributed by atoms with Crippen molar-refractivity contribution in [1.29, 1.82) is 0 Å². The topological polar surface area (TPSA) is 129 Å². The molecule has 10 aromatic heterocycles. The molecule has 11 aromatic carbocycles. The first kappa shape index (κ1) is 59.8. The van der Waals surface area contributed by atoms with E-state index in [1.807, 2.05) is 85.6 Å². The second-order valence-electron chi connectivity index (χ2n) is 26.3. The highest BCUT2D eigenvalue weighted by molar-refractivity contribution is 6.11. The van der Waals surface area contributed by atoms with Crippen molar-refractivity contribution in [2.75, 3.05) is 0 Å². The van der Waals surface area contributed by atoms with E-state index in [1.165, 1.54) is 0 Å². The van der Waals surface area contributed by atoms with Gasteiger partial charge >= 0.3 is 0 Å². The smallest absolute Gasteiger partial charge is 0.0972 e. The lowest BCUT2D eigenvalue weighted by Crippen LogP contribution is -1.92. The van der Waals surface area contributed by atoms with Gasteiger partial charge in [0, 0.05) is 113 Å². The van der Waals surface area contributed by atoms with Crippen LogP contribution in [0.25, 0.3) is 209 Å². The molecule has 0 atom stereocenters. The van der Waals surface area contributed by atoms with Crippen molar-refractivity contribution in [3.05, 3.63) is 340 Å². The van der Waals surface area contributed by atoms with Crippen molar-refractivity contribution in [2.45, 2.75) is 0 Å². The van der Waals surface area contributed by atoms with Gasteiger partial charge in [0.05, 0.1) is 83.6 Å². The van der Waals surface area contributed by atoms with Crippen LogP contribution in [0.2, 0.25) is 0 Å². The molecule has 482 valence electrons. The fourth-order valence-corrected chi connectivity index (χ4v) is 14.7. The third-order valence-corrected chi connectivity index (χ3v) is 20.1. The zero-order valence-electron chi connectivity index (χ0n) is 55.8. The molecule has 0 saturated carbocycles. The summed E-state index contributed by atoms with van der Waals surface area (Å²) in [6.07, 6.45) is 9.30. The average Bonchev–Trinajstić information content (AvgIpc) is 0.768. The van der Waals surface area contributed by atoms with E-state index in [0.29, 0.717) is 0 Å². The van der Waals surface area contributed by atoms with Gasteiger partial charge in [-0.3, -0.25) is 24.9 Å². The average molecular weight is 1330 g/mol. The Bertz CT molecular complexity index is 7080. The van der Waals surface area contributed by atoms with Crippen molar-refractivity contribution in [2.24, 2.45) is 0 Å². The number of para-hydroxylation sites is 2. The molecule has 104 heavy (non-hydrogen) atoms. The van der Waals surface area contributed by atoms with Crippen LogP contribution in [0.1, 0.15) is 0 Å². The third-order valence-electron chi connectivity index (χ3n) is 20.1. The lowest BCUT2D eigenvalue weighted by molar-refractivity contribution is 1.35. The van der Waals surface area contributed by atoms with Crippen LogP contribution in [0.5, 0.6) is 0 Å². The maximum absolute atomic E-state index is 5.18. The van der Waals surface area contributed by atoms with Crippen LogP contribution in [0, 0.1) is 0 Å². The summed E-state index contributed by atoms with van der Waals surface area (Å²) in [5.41, 5.74) is 26.1. The molecule has 0 fully saturated rings. The normalized spacial score (nSPS) is 11.7. The summed E-state index contributed by atoms with van der Waals surface area (Å²) < 4.78 is 0. The first-order chi connectivity index (χ1) is 51.4. The monoisotopic (exact) mass is 1320 g/mol. The lowest BCUT2D eigenvalue weighted by atomic mass is 9.95. The van der Waals surface area contributed by atoms with E-state index < -0.39 is 0 Å². The number of hydrogen-bond donors (Lipinski definition) is 0. The van der Waals surface area contributed by atoms with E-state index in [2.05, 4.69) is 280 Å². The standard InChI is InChI=1S/C49H29N5.C45H27N5/c1-4-10-42-35(6-1)27-37(29-51-42)44-21-15-30-11-14-34(28-47(30)53-44)33-17-22-43-36(26-33)18-24-45(52-43)40-19-20-41(39-9-3-2-8-38(39)40)46-23-16-32-13-12-31-7-5-25-50-48(31)49(32)54-46;1-2-8-39-33(5-1)24-36(27-48-39)42-18-15-30-13-14-32(26-43(30)50-42)31-16-19-41-34(23-31)17-20-40(49-41)29-11-9-28(10-12-29)38-25-35-6-3-21-46-44(35)45-37(38)7-4-22-47-45/h1-29H;1-27H. The second-order valence-corrected chi connectivity index (χ2v) is 26.3. The minimum absolute atomic E-state index is 0.910. The van der Waals surface area contributed by atoms with Gasteiger partial charge in [0.2, 0.25) is 0 Å². The number of nitrogens with zero attached hydrogens (tertiary/aromatic N) is 10. The van der Waals surface area contributed by atoms with Crippen molar-refractivity contribution in [3.8, 4) is 89.7 Å². The summed E-state index contributed by atoms with van der Waals surface area (Å²) in [5.74, 6) is 0. The Hall–Kier alpha value is -14.2. The van der Waals surface area contributed by atoms with Crippen molar-refractivity contribution in [1.82, 2.24) is 49.8 Å². The van der Waals surface area contributed by atoms with Gasteiger partial charge in [0.25, 0.3) is 0 Å². The Morgan fingerprint density at radius 2 is 0.538 bits per heavy atom. The zero-order chi connectivity index (χ0) is 68.6. The second kappa shape index (κ2) is 24.9. The van der Waals surface area contributed by atoms with Crippen LogP contribution in [0.15, 0.2) is 340 Å². The maximum atomic E-state index is 5.18. The number of fused-ring (bicyclic) bond motifs is 13. The van der Waals surface area contributed by atoms with Crippen LogP contribution < -0.4 is 0 Å². The van der Waals surface area contributed by atoms with Crippen LogP contribution in [0.3, 0.4) is 0 Å². The molecule has 10 nitrogen and oxygen atoms in total. The highest BCUT2D eigenvalue weighted by atomic mass is 14.8. The Balaban J connectivity index is 0.000000139. The number of benzene rings is 11. The number of rotatable bonds is 8. The van der Waals surface area contributed by atoms with E-state index in [-0.39, 0.29) is 0 Å². The number of hydrogen-bond acceptors (Lipinski definition) is 10. The Kier molecular flexibility index (Phi) is 14.3. The fraction of sp³-hybridized carbons (Fsp3) is 0. The van der Waals surface area contributed by atoms with Gasteiger partial charge in [0.15, 0.2) is 0 Å². The first-order valence-electron chi connectivity index (χ1n) is 34.7. The highest BCUT2D eigenvalue weighted by Gasteiger charge is 2.17. The van der Waals surface area contributed by atoms with Crippen LogP contribution in [0.4, 0.5) is 0 Å². The van der Waals surface area contributed by atoms with Gasteiger partial charge in [-0.15, -0.1) is 0 Å².